The Bertz CT molecular complexity index is 767. The fourth-order valence-electron chi connectivity index (χ4n) is 2.46. The summed E-state index contributed by atoms with van der Waals surface area (Å²) in [5, 5.41) is 3.44. The van der Waals surface area contributed by atoms with Crippen LogP contribution in [0, 0.1) is 6.92 Å². The molecule has 0 spiro atoms. The molecule has 0 saturated carbocycles. The van der Waals surface area contributed by atoms with Crippen molar-refractivity contribution < 1.29 is 9.15 Å². The number of aryl methyl sites for hydroxylation is 1. The highest BCUT2D eigenvalue weighted by Crippen LogP contribution is 2.26. The minimum atomic E-state index is 0.640. The van der Waals surface area contributed by atoms with Crippen LogP contribution in [0.4, 0.5) is 5.69 Å². The summed E-state index contributed by atoms with van der Waals surface area (Å²) in [6.07, 6.45) is 3.25. The molecular weight excluding hydrogens is 288 g/mol. The summed E-state index contributed by atoms with van der Waals surface area (Å²) in [5.41, 5.74) is 4.29. The molecule has 0 amide bonds. The number of ether oxygens (including phenoxy) is 1. The number of benzene rings is 2. The van der Waals surface area contributed by atoms with Crippen molar-refractivity contribution in [2.45, 2.75) is 20.4 Å². The first-order chi connectivity index (χ1) is 11.3. The van der Waals surface area contributed by atoms with E-state index in [0.717, 1.165) is 28.1 Å². The van der Waals surface area contributed by atoms with Gasteiger partial charge in [0, 0.05) is 23.4 Å². The number of nitrogens with zero attached hydrogens (tertiary/aromatic N) is 1. The standard InChI is InChI=1S/C19H20N2O2/c1-3-22-18-7-5-4-6-15(18)13-21-16-9-8-14(2)17(12-16)19-20-10-11-23-19/h4-12,21H,3,13H2,1-2H3. The summed E-state index contributed by atoms with van der Waals surface area (Å²) in [4.78, 5) is 4.23. The van der Waals surface area contributed by atoms with Crippen LogP contribution in [0.25, 0.3) is 11.5 Å². The van der Waals surface area contributed by atoms with Crippen LogP contribution in [0.1, 0.15) is 18.1 Å². The number of hydrogen-bond acceptors (Lipinski definition) is 4. The second kappa shape index (κ2) is 7.01. The monoisotopic (exact) mass is 308 g/mol. The second-order valence-corrected chi connectivity index (χ2v) is 5.26. The molecule has 1 aromatic heterocycles. The summed E-state index contributed by atoms with van der Waals surface area (Å²) in [5.74, 6) is 1.56. The lowest BCUT2D eigenvalue weighted by atomic mass is 10.1. The van der Waals surface area contributed by atoms with Gasteiger partial charge in [0.2, 0.25) is 5.89 Å². The molecule has 1 heterocycles. The highest BCUT2D eigenvalue weighted by Gasteiger charge is 2.08. The zero-order chi connectivity index (χ0) is 16.1. The molecule has 0 atom stereocenters. The molecule has 0 aliphatic rings. The van der Waals surface area contributed by atoms with Gasteiger partial charge in [0.25, 0.3) is 0 Å². The molecule has 1 N–H and O–H groups in total. The van der Waals surface area contributed by atoms with Crippen LogP contribution in [0.3, 0.4) is 0 Å². The fourth-order valence-corrected chi connectivity index (χ4v) is 2.46. The molecule has 23 heavy (non-hydrogen) atoms. The molecule has 3 aromatic rings. The van der Waals surface area contributed by atoms with Gasteiger partial charge in [-0.3, -0.25) is 0 Å². The fraction of sp³-hybridized carbons (Fsp3) is 0.211. The van der Waals surface area contributed by atoms with Gasteiger partial charge >= 0.3 is 0 Å². The number of hydrogen-bond donors (Lipinski definition) is 1. The van der Waals surface area contributed by atoms with Crippen molar-refractivity contribution in [3.63, 3.8) is 0 Å². The van der Waals surface area contributed by atoms with Crippen LogP contribution in [0.2, 0.25) is 0 Å². The highest BCUT2D eigenvalue weighted by molar-refractivity contribution is 5.65. The van der Waals surface area contributed by atoms with Crippen molar-refractivity contribution in [2.75, 3.05) is 11.9 Å². The third-order valence-corrected chi connectivity index (χ3v) is 3.66. The van der Waals surface area contributed by atoms with Crippen molar-refractivity contribution in [1.82, 2.24) is 4.98 Å². The maximum Gasteiger partial charge on any atom is 0.226 e. The van der Waals surface area contributed by atoms with Crippen LogP contribution in [-0.2, 0) is 6.54 Å². The number of anilines is 1. The molecule has 0 fully saturated rings. The van der Waals surface area contributed by atoms with Crippen molar-refractivity contribution in [1.29, 1.82) is 0 Å². The normalized spacial score (nSPS) is 10.5. The third kappa shape index (κ3) is 3.54. The number of para-hydroxylation sites is 1. The SMILES string of the molecule is CCOc1ccccc1CNc1ccc(C)c(-c2ncco2)c1. The van der Waals surface area contributed by atoms with Crippen LogP contribution < -0.4 is 10.1 Å². The largest absolute Gasteiger partial charge is 0.494 e. The minimum absolute atomic E-state index is 0.640. The molecule has 0 saturated heterocycles. The summed E-state index contributed by atoms with van der Waals surface area (Å²) in [6.45, 7) is 5.40. The van der Waals surface area contributed by atoms with Gasteiger partial charge in [-0.2, -0.15) is 0 Å². The van der Waals surface area contributed by atoms with Gasteiger partial charge in [-0.1, -0.05) is 24.3 Å². The Morgan fingerprint density at radius 3 is 2.83 bits per heavy atom. The molecule has 0 unspecified atom stereocenters. The first kappa shape index (κ1) is 15.2. The number of rotatable bonds is 6. The van der Waals surface area contributed by atoms with Gasteiger partial charge in [0.1, 0.15) is 12.0 Å². The first-order valence-electron chi connectivity index (χ1n) is 7.73. The van der Waals surface area contributed by atoms with Crippen molar-refractivity contribution in [2.24, 2.45) is 0 Å². The molecule has 4 heteroatoms. The smallest absolute Gasteiger partial charge is 0.226 e. The molecule has 0 bridgehead atoms. The molecule has 118 valence electrons. The average molecular weight is 308 g/mol. The quantitative estimate of drug-likeness (QED) is 0.719. The Morgan fingerprint density at radius 2 is 2.04 bits per heavy atom. The van der Waals surface area contributed by atoms with Crippen LogP contribution in [0.5, 0.6) is 5.75 Å². The third-order valence-electron chi connectivity index (χ3n) is 3.66. The zero-order valence-corrected chi connectivity index (χ0v) is 13.4. The maximum atomic E-state index is 5.66. The van der Waals surface area contributed by atoms with E-state index in [0.29, 0.717) is 19.0 Å². The predicted octanol–water partition coefficient (Wildman–Crippen LogP) is 4.66. The molecule has 0 radical (unpaired) electrons. The van der Waals surface area contributed by atoms with Crippen LogP contribution in [-0.4, -0.2) is 11.6 Å². The predicted molar refractivity (Wildman–Crippen MR) is 91.6 cm³/mol. The van der Waals surface area contributed by atoms with Crippen molar-refractivity contribution in [3.8, 4) is 17.2 Å². The summed E-state index contributed by atoms with van der Waals surface area (Å²) < 4.78 is 11.1. The number of aromatic nitrogens is 1. The molecular formula is C19H20N2O2. The van der Waals surface area contributed by atoms with E-state index in [1.807, 2.05) is 32.0 Å². The number of nitrogens with one attached hydrogen (secondary N) is 1. The number of oxazole rings is 1. The van der Waals surface area contributed by atoms with Gasteiger partial charge in [0.15, 0.2) is 0 Å². The summed E-state index contributed by atoms with van der Waals surface area (Å²) in [6, 6.07) is 14.3. The van der Waals surface area contributed by atoms with E-state index in [1.54, 1.807) is 12.5 Å². The molecule has 3 rings (SSSR count). The lowest BCUT2D eigenvalue weighted by Crippen LogP contribution is -2.03. The Hall–Kier alpha value is -2.75. The summed E-state index contributed by atoms with van der Waals surface area (Å²) in [7, 11) is 0. The van der Waals surface area contributed by atoms with Gasteiger partial charge < -0.3 is 14.5 Å². The Labute approximate surface area is 136 Å². The molecule has 4 nitrogen and oxygen atoms in total. The van der Waals surface area contributed by atoms with E-state index in [4.69, 9.17) is 9.15 Å². The van der Waals surface area contributed by atoms with Crippen molar-refractivity contribution in [3.05, 3.63) is 66.1 Å². The minimum Gasteiger partial charge on any atom is -0.494 e. The Morgan fingerprint density at radius 1 is 1.17 bits per heavy atom. The Kier molecular flexibility index (Phi) is 4.62. The van der Waals surface area contributed by atoms with E-state index >= 15 is 0 Å². The highest BCUT2D eigenvalue weighted by atomic mass is 16.5. The van der Waals surface area contributed by atoms with Crippen LogP contribution in [0.15, 0.2) is 59.3 Å². The van der Waals surface area contributed by atoms with E-state index in [-0.39, 0.29) is 0 Å². The lowest BCUT2D eigenvalue weighted by Gasteiger charge is -2.12. The topological polar surface area (TPSA) is 47.3 Å². The summed E-state index contributed by atoms with van der Waals surface area (Å²) >= 11 is 0. The van der Waals surface area contributed by atoms with Gasteiger partial charge in [-0.05, 0) is 37.6 Å². The average Bonchev–Trinajstić information content (AvgIpc) is 3.10. The van der Waals surface area contributed by atoms with E-state index in [9.17, 15) is 0 Å². The molecule has 0 aliphatic carbocycles. The van der Waals surface area contributed by atoms with Gasteiger partial charge in [-0.25, -0.2) is 4.98 Å². The van der Waals surface area contributed by atoms with E-state index < -0.39 is 0 Å². The van der Waals surface area contributed by atoms with Crippen molar-refractivity contribution >= 4 is 5.69 Å². The Balaban J connectivity index is 1.78. The first-order valence-corrected chi connectivity index (χ1v) is 7.73. The zero-order valence-electron chi connectivity index (χ0n) is 13.4. The molecule has 2 aromatic carbocycles. The van der Waals surface area contributed by atoms with Gasteiger partial charge in [-0.15, -0.1) is 0 Å². The van der Waals surface area contributed by atoms with E-state index in [1.165, 1.54) is 0 Å². The van der Waals surface area contributed by atoms with Gasteiger partial charge in [0.05, 0.1) is 12.8 Å². The maximum absolute atomic E-state index is 5.66. The van der Waals surface area contributed by atoms with E-state index in [2.05, 4.69) is 34.6 Å². The lowest BCUT2D eigenvalue weighted by molar-refractivity contribution is 0.337. The molecule has 0 aliphatic heterocycles. The van der Waals surface area contributed by atoms with Crippen LogP contribution >= 0.6 is 0 Å². The second-order valence-electron chi connectivity index (χ2n) is 5.26.